The van der Waals surface area contributed by atoms with E-state index >= 15 is 0 Å². The lowest BCUT2D eigenvalue weighted by atomic mass is 10.2. The molecule has 0 unspecified atom stereocenters. The number of benzene rings is 1. The standard InChI is InChI=1S/C15H16N4O2/c1-21-14-5-3-12(4-6-14)10-19-15(20)13(9-17)11-18-8-2-7-16/h3-6,11,18H,2,8,10H2,1H3,(H,19,20)/b13-11-. The zero-order valence-corrected chi connectivity index (χ0v) is 11.7. The van der Waals surface area contributed by atoms with Gasteiger partial charge in [-0.25, -0.2) is 0 Å². The van der Waals surface area contributed by atoms with Gasteiger partial charge in [0.2, 0.25) is 0 Å². The lowest BCUT2D eigenvalue weighted by molar-refractivity contribution is -0.117. The molecule has 0 spiro atoms. The second-order valence-corrected chi connectivity index (χ2v) is 4.06. The highest BCUT2D eigenvalue weighted by Crippen LogP contribution is 2.11. The van der Waals surface area contributed by atoms with Gasteiger partial charge in [0.05, 0.1) is 19.6 Å². The van der Waals surface area contributed by atoms with Crippen molar-refractivity contribution in [2.45, 2.75) is 13.0 Å². The zero-order valence-electron chi connectivity index (χ0n) is 11.7. The minimum atomic E-state index is -0.460. The topological polar surface area (TPSA) is 97.9 Å². The Morgan fingerprint density at radius 1 is 1.33 bits per heavy atom. The van der Waals surface area contributed by atoms with E-state index in [4.69, 9.17) is 15.3 Å². The molecule has 0 radical (unpaired) electrons. The van der Waals surface area contributed by atoms with E-state index in [0.717, 1.165) is 11.3 Å². The molecule has 0 aliphatic rings. The van der Waals surface area contributed by atoms with Crippen LogP contribution >= 0.6 is 0 Å². The monoisotopic (exact) mass is 284 g/mol. The first-order valence-corrected chi connectivity index (χ1v) is 6.33. The Morgan fingerprint density at radius 2 is 2.05 bits per heavy atom. The molecular weight excluding hydrogens is 268 g/mol. The molecule has 0 aliphatic carbocycles. The third-order valence-electron chi connectivity index (χ3n) is 2.60. The quantitative estimate of drug-likeness (QED) is 0.445. The zero-order chi connectivity index (χ0) is 15.5. The number of rotatable bonds is 7. The van der Waals surface area contributed by atoms with E-state index in [1.54, 1.807) is 19.2 Å². The highest BCUT2D eigenvalue weighted by molar-refractivity contribution is 5.97. The van der Waals surface area contributed by atoms with E-state index in [1.165, 1.54) is 6.20 Å². The van der Waals surface area contributed by atoms with Gasteiger partial charge in [0.15, 0.2) is 0 Å². The fourth-order valence-electron chi connectivity index (χ4n) is 1.47. The number of nitrogens with zero attached hydrogens (tertiary/aromatic N) is 2. The van der Waals surface area contributed by atoms with Gasteiger partial charge >= 0.3 is 0 Å². The van der Waals surface area contributed by atoms with Crippen LogP contribution in [-0.4, -0.2) is 19.6 Å². The van der Waals surface area contributed by atoms with Gasteiger partial charge in [0, 0.05) is 19.3 Å². The third kappa shape index (κ3) is 5.66. The number of carbonyl (C=O) groups is 1. The predicted octanol–water partition coefficient (Wildman–Crippen LogP) is 1.22. The fraction of sp³-hybridized carbons (Fsp3) is 0.267. The largest absolute Gasteiger partial charge is 0.497 e. The van der Waals surface area contributed by atoms with E-state index in [-0.39, 0.29) is 5.57 Å². The average molecular weight is 284 g/mol. The van der Waals surface area contributed by atoms with E-state index in [2.05, 4.69) is 10.6 Å². The first-order chi connectivity index (χ1) is 10.2. The van der Waals surface area contributed by atoms with Gasteiger partial charge in [0.25, 0.3) is 5.91 Å². The second-order valence-electron chi connectivity index (χ2n) is 4.06. The summed E-state index contributed by atoms with van der Waals surface area (Å²) in [6.45, 7) is 0.716. The number of amides is 1. The molecule has 21 heavy (non-hydrogen) atoms. The lowest BCUT2D eigenvalue weighted by Crippen LogP contribution is -2.25. The maximum absolute atomic E-state index is 11.8. The number of methoxy groups -OCH3 is 1. The van der Waals surface area contributed by atoms with Crippen LogP contribution in [0.25, 0.3) is 0 Å². The van der Waals surface area contributed by atoms with Crippen LogP contribution in [-0.2, 0) is 11.3 Å². The number of nitriles is 2. The summed E-state index contributed by atoms with van der Waals surface area (Å²) in [6.07, 6.45) is 1.63. The summed E-state index contributed by atoms with van der Waals surface area (Å²) < 4.78 is 5.04. The first-order valence-electron chi connectivity index (χ1n) is 6.33. The molecule has 0 aromatic heterocycles. The average Bonchev–Trinajstić information content (AvgIpc) is 2.53. The molecule has 0 saturated heterocycles. The summed E-state index contributed by atoms with van der Waals surface area (Å²) >= 11 is 0. The van der Waals surface area contributed by atoms with E-state index in [9.17, 15) is 4.79 Å². The summed E-state index contributed by atoms with van der Waals surface area (Å²) in [5.74, 6) is 0.280. The maximum atomic E-state index is 11.8. The van der Waals surface area contributed by atoms with Crippen molar-refractivity contribution < 1.29 is 9.53 Å². The highest BCUT2D eigenvalue weighted by atomic mass is 16.5. The van der Waals surface area contributed by atoms with Gasteiger partial charge < -0.3 is 15.4 Å². The number of carbonyl (C=O) groups excluding carboxylic acids is 1. The molecule has 0 aliphatic heterocycles. The van der Waals surface area contributed by atoms with Gasteiger partial charge in [-0.15, -0.1) is 0 Å². The summed E-state index contributed by atoms with van der Waals surface area (Å²) in [5.41, 5.74) is 0.875. The molecule has 0 heterocycles. The summed E-state index contributed by atoms with van der Waals surface area (Å²) in [5, 5.41) is 22.7. The maximum Gasteiger partial charge on any atom is 0.263 e. The molecule has 108 valence electrons. The van der Waals surface area contributed by atoms with Crippen LogP contribution in [0.4, 0.5) is 0 Å². The Labute approximate surface area is 123 Å². The molecule has 2 N–H and O–H groups in total. The lowest BCUT2D eigenvalue weighted by Gasteiger charge is -2.06. The molecule has 1 aromatic carbocycles. The van der Waals surface area contributed by atoms with Crippen molar-refractivity contribution in [3.05, 3.63) is 41.6 Å². The molecule has 0 saturated carbocycles. The SMILES string of the molecule is COc1ccc(CNC(=O)/C(C#N)=C\NCCC#N)cc1. The molecular formula is C15H16N4O2. The Bertz CT molecular complexity index is 579. The van der Waals surface area contributed by atoms with Crippen LogP contribution in [0.3, 0.4) is 0 Å². The molecule has 6 heteroatoms. The molecule has 6 nitrogen and oxygen atoms in total. The van der Waals surface area contributed by atoms with Crippen molar-refractivity contribution in [1.29, 1.82) is 10.5 Å². The molecule has 1 aromatic rings. The summed E-state index contributed by atoms with van der Waals surface area (Å²) in [6, 6.07) is 11.0. The van der Waals surface area contributed by atoms with Crippen LogP contribution in [0.1, 0.15) is 12.0 Å². The van der Waals surface area contributed by atoms with Crippen molar-refractivity contribution in [2.75, 3.05) is 13.7 Å². The Hall–Kier alpha value is -2.99. The third-order valence-corrected chi connectivity index (χ3v) is 2.60. The molecule has 1 amide bonds. The Morgan fingerprint density at radius 3 is 2.62 bits per heavy atom. The van der Waals surface area contributed by atoms with Crippen LogP contribution in [0.5, 0.6) is 5.75 Å². The van der Waals surface area contributed by atoms with Gasteiger partial charge in [-0.3, -0.25) is 4.79 Å². The number of nitrogens with one attached hydrogen (secondary N) is 2. The van der Waals surface area contributed by atoms with Crippen LogP contribution in [0, 0.1) is 22.7 Å². The van der Waals surface area contributed by atoms with Crippen LogP contribution < -0.4 is 15.4 Å². The van der Waals surface area contributed by atoms with Crippen molar-refractivity contribution in [3.8, 4) is 17.9 Å². The van der Waals surface area contributed by atoms with Gasteiger partial charge in [-0.2, -0.15) is 10.5 Å². The molecule has 0 atom stereocenters. The Balaban J connectivity index is 2.50. The van der Waals surface area contributed by atoms with Crippen molar-refractivity contribution in [3.63, 3.8) is 0 Å². The van der Waals surface area contributed by atoms with Crippen molar-refractivity contribution in [1.82, 2.24) is 10.6 Å². The normalized spacial score (nSPS) is 10.1. The second kappa shape index (κ2) is 9.00. The minimum absolute atomic E-state index is 0.0264. The van der Waals surface area contributed by atoms with Crippen LogP contribution in [0.15, 0.2) is 36.0 Å². The predicted molar refractivity (Wildman–Crippen MR) is 76.8 cm³/mol. The number of hydrogen-bond acceptors (Lipinski definition) is 5. The van der Waals surface area contributed by atoms with E-state index in [0.29, 0.717) is 19.5 Å². The van der Waals surface area contributed by atoms with Crippen molar-refractivity contribution in [2.24, 2.45) is 0 Å². The molecule has 1 rings (SSSR count). The van der Waals surface area contributed by atoms with Gasteiger partial charge in [-0.05, 0) is 17.7 Å². The van der Waals surface area contributed by atoms with Gasteiger partial charge in [0.1, 0.15) is 17.4 Å². The minimum Gasteiger partial charge on any atom is -0.497 e. The fourth-order valence-corrected chi connectivity index (χ4v) is 1.47. The molecule has 0 bridgehead atoms. The Kier molecular flexibility index (Phi) is 6.89. The number of ether oxygens (including phenoxy) is 1. The smallest absolute Gasteiger partial charge is 0.263 e. The first kappa shape index (κ1) is 16.1. The summed E-state index contributed by atoms with van der Waals surface area (Å²) in [7, 11) is 1.58. The van der Waals surface area contributed by atoms with Gasteiger partial charge in [-0.1, -0.05) is 12.1 Å². The number of hydrogen-bond donors (Lipinski definition) is 2. The van der Waals surface area contributed by atoms with Crippen molar-refractivity contribution >= 4 is 5.91 Å². The molecule has 0 fully saturated rings. The van der Waals surface area contributed by atoms with Crippen LogP contribution in [0.2, 0.25) is 0 Å². The summed E-state index contributed by atoms with van der Waals surface area (Å²) in [4.78, 5) is 11.8. The van der Waals surface area contributed by atoms with E-state index in [1.807, 2.05) is 24.3 Å². The van der Waals surface area contributed by atoms with E-state index < -0.39 is 5.91 Å². The highest BCUT2D eigenvalue weighted by Gasteiger charge is 2.08.